The Morgan fingerprint density at radius 1 is 0.812 bits per heavy atom. The van der Waals surface area contributed by atoms with Gasteiger partial charge in [-0.3, -0.25) is 0 Å². The van der Waals surface area contributed by atoms with Crippen LogP contribution in [0.3, 0.4) is 0 Å². The number of fused-ring (bicyclic) bond motifs is 1. The van der Waals surface area contributed by atoms with Gasteiger partial charge in [0.1, 0.15) is 17.4 Å². The maximum absolute atomic E-state index is 5.57. The minimum atomic E-state index is 0.462. The number of hydrogen-bond donors (Lipinski definition) is 0. The molecule has 0 spiro atoms. The normalized spacial score (nSPS) is 16.7. The summed E-state index contributed by atoms with van der Waals surface area (Å²) in [7, 11) is 5.04. The van der Waals surface area contributed by atoms with Gasteiger partial charge in [-0.05, 0) is 31.0 Å². The Balaban J connectivity index is 1.47. The molecule has 1 saturated carbocycles. The largest absolute Gasteiger partial charge is 0.497 e. The van der Waals surface area contributed by atoms with Crippen molar-refractivity contribution in [3.63, 3.8) is 0 Å². The predicted octanol–water partition coefficient (Wildman–Crippen LogP) is 4.25. The van der Waals surface area contributed by atoms with Crippen molar-refractivity contribution in [1.29, 1.82) is 0 Å². The van der Waals surface area contributed by atoms with E-state index in [0.29, 0.717) is 17.4 Å². The van der Waals surface area contributed by atoms with Crippen molar-refractivity contribution in [3.8, 4) is 17.2 Å². The van der Waals surface area contributed by atoms with Gasteiger partial charge in [0.05, 0.1) is 26.8 Å². The van der Waals surface area contributed by atoms with E-state index in [4.69, 9.17) is 24.2 Å². The average Bonchev–Trinajstić information content (AvgIpc) is 2.81. The summed E-state index contributed by atoms with van der Waals surface area (Å²) in [5, 5.41) is 1.01. The predicted molar refractivity (Wildman–Crippen MR) is 127 cm³/mol. The van der Waals surface area contributed by atoms with Crippen LogP contribution in [0.2, 0.25) is 0 Å². The van der Waals surface area contributed by atoms with Gasteiger partial charge >= 0.3 is 0 Å². The van der Waals surface area contributed by atoms with Gasteiger partial charge in [0.15, 0.2) is 11.5 Å². The molecule has 7 heteroatoms. The quantitative estimate of drug-likeness (QED) is 0.575. The van der Waals surface area contributed by atoms with Crippen LogP contribution < -0.4 is 24.0 Å². The summed E-state index contributed by atoms with van der Waals surface area (Å²) < 4.78 is 16.5. The second-order valence-corrected chi connectivity index (χ2v) is 8.43. The van der Waals surface area contributed by atoms with Crippen molar-refractivity contribution < 1.29 is 14.2 Å². The molecule has 1 aliphatic carbocycles. The van der Waals surface area contributed by atoms with E-state index in [1.807, 2.05) is 24.3 Å². The highest BCUT2D eigenvalue weighted by atomic mass is 16.5. The zero-order chi connectivity index (χ0) is 22.1. The highest BCUT2D eigenvalue weighted by Gasteiger charge is 2.27. The molecule has 0 unspecified atom stereocenters. The summed E-state index contributed by atoms with van der Waals surface area (Å²) in [5.41, 5.74) is 2.11. The molecule has 1 aromatic heterocycles. The highest BCUT2D eigenvalue weighted by molar-refractivity contribution is 5.92. The molecule has 2 aliphatic rings. The van der Waals surface area contributed by atoms with Crippen molar-refractivity contribution in [1.82, 2.24) is 9.97 Å². The minimum absolute atomic E-state index is 0.462. The van der Waals surface area contributed by atoms with Crippen molar-refractivity contribution in [2.24, 2.45) is 0 Å². The lowest BCUT2D eigenvalue weighted by Gasteiger charge is -2.37. The summed E-state index contributed by atoms with van der Waals surface area (Å²) >= 11 is 0. The first kappa shape index (κ1) is 20.7. The van der Waals surface area contributed by atoms with Gasteiger partial charge in [-0.1, -0.05) is 12.5 Å². The van der Waals surface area contributed by atoms with E-state index in [1.165, 1.54) is 24.9 Å². The van der Waals surface area contributed by atoms with Crippen molar-refractivity contribution in [2.75, 3.05) is 57.3 Å². The third-order valence-electron chi connectivity index (χ3n) is 6.67. The van der Waals surface area contributed by atoms with Gasteiger partial charge in [0, 0.05) is 55.3 Å². The average molecular weight is 435 g/mol. The molecule has 0 N–H and O–H groups in total. The molecule has 2 heterocycles. The van der Waals surface area contributed by atoms with Gasteiger partial charge < -0.3 is 24.0 Å². The number of nitrogens with zero attached hydrogens (tertiary/aromatic N) is 4. The molecule has 32 heavy (non-hydrogen) atoms. The Hall–Kier alpha value is -3.22. The standard InChI is InChI=1S/C25H30N4O3/c1-30-19-9-5-8-18(14-19)28-10-12-29(13-11-28)25-20-15-22(31-2)23(32-3)16-21(20)26-24(27-25)17-6-4-7-17/h5,8-9,14-17H,4,6-7,10-13H2,1-3H3. The minimum Gasteiger partial charge on any atom is -0.497 e. The van der Waals surface area contributed by atoms with Crippen LogP contribution in [-0.2, 0) is 0 Å². The van der Waals surface area contributed by atoms with Crippen LogP contribution in [-0.4, -0.2) is 57.5 Å². The van der Waals surface area contributed by atoms with E-state index in [1.54, 1.807) is 21.3 Å². The summed E-state index contributed by atoms with van der Waals surface area (Å²) in [4.78, 5) is 14.8. The lowest BCUT2D eigenvalue weighted by molar-refractivity contribution is 0.355. The van der Waals surface area contributed by atoms with Crippen LogP contribution in [0.15, 0.2) is 36.4 Å². The third kappa shape index (κ3) is 3.76. The molecule has 0 amide bonds. The number of anilines is 2. The molecule has 0 radical (unpaired) electrons. The molecule has 3 aromatic rings. The van der Waals surface area contributed by atoms with Gasteiger partial charge in [-0.2, -0.15) is 0 Å². The molecule has 168 valence electrons. The first-order valence-corrected chi connectivity index (χ1v) is 11.3. The molecule has 5 rings (SSSR count). The Kier molecular flexibility index (Phi) is 5.64. The van der Waals surface area contributed by atoms with Crippen LogP contribution in [0.5, 0.6) is 17.2 Å². The second kappa shape index (κ2) is 8.73. The van der Waals surface area contributed by atoms with E-state index < -0.39 is 0 Å². The Morgan fingerprint density at radius 2 is 1.53 bits per heavy atom. The van der Waals surface area contributed by atoms with Crippen molar-refractivity contribution >= 4 is 22.4 Å². The molecule has 2 aromatic carbocycles. The number of aromatic nitrogens is 2. The van der Waals surface area contributed by atoms with Crippen LogP contribution >= 0.6 is 0 Å². The SMILES string of the molecule is COc1cccc(N2CCN(c3nc(C4CCC4)nc4cc(OC)c(OC)cc34)CC2)c1. The van der Waals surface area contributed by atoms with E-state index in [2.05, 4.69) is 21.9 Å². The van der Waals surface area contributed by atoms with Crippen molar-refractivity contribution in [2.45, 2.75) is 25.2 Å². The molecule has 2 fully saturated rings. The number of benzene rings is 2. The maximum Gasteiger partial charge on any atom is 0.162 e. The number of methoxy groups -OCH3 is 3. The fourth-order valence-corrected chi connectivity index (χ4v) is 4.53. The van der Waals surface area contributed by atoms with Crippen LogP contribution in [0, 0.1) is 0 Å². The van der Waals surface area contributed by atoms with Gasteiger partial charge in [-0.25, -0.2) is 9.97 Å². The number of hydrogen-bond acceptors (Lipinski definition) is 7. The van der Waals surface area contributed by atoms with Gasteiger partial charge in [-0.15, -0.1) is 0 Å². The fraction of sp³-hybridized carbons (Fsp3) is 0.440. The summed E-state index contributed by atoms with van der Waals surface area (Å²) in [6, 6.07) is 12.3. The van der Waals surface area contributed by atoms with E-state index in [0.717, 1.165) is 54.5 Å². The molecule has 7 nitrogen and oxygen atoms in total. The Morgan fingerprint density at radius 3 is 2.19 bits per heavy atom. The van der Waals surface area contributed by atoms with Crippen LogP contribution in [0.25, 0.3) is 10.9 Å². The Bertz CT molecular complexity index is 1110. The number of rotatable bonds is 6. The lowest BCUT2D eigenvalue weighted by atomic mass is 9.85. The number of piperazine rings is 1. The van der Waals surface area contributed by atoms with Crippen LogP contribution in [0.4, 0.5) is 11.5 Å². The molecular formula is C25H30N4O3. The smallest absolute Gasteiger partial charge is 0.162 e. The van der Waals surface area contributed by atoms with Crippen LogP contribution in [0.1, 0.15) is 31.0 Å². The summed E-state index contributed by atoms with van der Waals surface area (Å²) in [5.74, 6) is 4.72. The van der Waals surface area contributed by atoms with E-state index >= 15 is 0 Å². The molecule has 0 bridgehead atoms. The zero-order valence-electron chi connectivity index (χ0n) is 19.0. The molecule has 1 aliphatic heterocycles. The maximum atomic E-state index is 5.57. The molecule has 1 saturated heterocycles. The lowest BCUT2D eigenvalue weighted by Crippen LogP contribution is -2.47. The van der Waals surface area contributed by atoms with Gasteiger partial charge in [0.2, 0.25) is 0 Å². The monoisotopic (exact) mass is 434 g/mol. The highest BCUT2D eigenvalue weighted by Crippen LogP contribution is 2.40. The Labute approximate surface area is 188 Å². The third-order valence-corrected chi connectivity index (χ3v) is 6.67. The van der Waals surface area contributed by atoms with Crippen molar-refractivity contribution in [3.05, 3.63) is 42.2 Å². The molecule has 0 atom stereocenters. The topological polar surface area (TPSA) is 60.0 Å². The fourth-order valence-electron chi connectivity index (χ4n) is 4.53. The first-order valence-electron chi connectivity index (χ1n) is 11.3. The number of ether oxygens (including phenoxy) is 3. The van der Waals surface area contributed by atoms with Gasteiger partial charge in [0.25, 0.3) is 0 Å². The molecular weight excluding hydrogens is 404 g/mol. The summed E-state index contributed by atoms with van der Waals surface area (Å²) in [6.07, 6.45) is 3.59. The van der Waals surface area contributed by atoms with E-state index in [-0.39, 0.29) is 0 Å². The zero-order valence-corrected chi connectivity index (χ0v) is 19.0. The first-order chi connectivity index (χ1) is 15.7. The second-order valence-electron chi connectivity index (χ2n) is 8.43. The van der Waals surface area contributed by atoms with E-state index in [9.17, 15) is 0 Å². The summed E-state index contributed by atoms with van der Waals surface area (Å²) in [6.45, 7) is 3.62.